The van der Waals surface area contributed by atoms with Crippen molar-refractivity contribution in [2.75, 3.05) is 5.32 Å². The molecule has 0 radical (unpaired) electrons. The van der Waals surface area contributed by atoms with Gasteiger partial charge in [-0.15, -0.1) is 0 Å². The van der Waals surface area contributed by atoms with Gasteiger partial charge >= 0.3 is 0 Å². The maximum absolute atomic E-state index is 6.90. The molecule has 0 aliphatic carbocycles. The Labute approximate surface area is 212 Å². The molecule has 3 heterocycles. The van der Waals surface area contributed by atoms with Gasteiger partial charge in [0.2, 0.25) is 0 Å². The first-order chi connectivity index (χ1) is 17.1. The lowest BCUT2D eigenvalue weighted by atomic mass is 9.79. The predicted octanol–water partition coefficient (Wildman–Crippen LogP) is 7.36. The molecule has 3 nitrogen and oxygen atoms in total. The summed E-state index contributed by atoms with van der Waals surface area (Å²) in [5, 5.41) is 11.1. The number of nitrogens with zero attached hydrogens (tertiary/aromatic N) is 1. The van der Waals surface area contributed by atoms with Gasteiger partial charge in [-0.2, -0.15) is 0 Å². The Kier molecular flexibility index (Phi) is 4.34. The lowest BCUT2D eigenvalue weighted by Crippen LogP contribution is -2.36. The second kappa shape index (κ2) is 7.12. The first-order valence-corrected chi connectivity index (χ1v) is 13.3. The van der Waals surface area contributed by atoms with Crippen molar-refractivity contribution in [1.82, 2.24) is 0 Å². The SMILES string of the molecule is CC1=c2ccc3c4c(ccc3c2Oc2c1ccc1c3c(ccc21)NC(C)(C)CC3C)=NC(C)(C)CC4. The van der Waals surface area contributed by atoms with E-state index in [0.29, 0.717) is 5.92 Å². The van der Waals surface area contributed by atoms with Crippen LogP contribution < -0.4 is 20.6 Å². The number of hydrogen-bond donors (Lipinski definition) is 1. The van der Waals surface area contributed by atoms with Gasteiger partial charge < -0.3 is 10.1 Å². The van der Waals surface area contributed by atoms with Crippen molar-refractivity contribution in [3.8, 4) is 11.5 Å². The van der Waals surface area contributed by atoms with Crippen molar-refractivity contribution in [2.24, 2.45) is 4.99 Å². The van der Waals surface area contributed by atoms with Crippen molar-refractivity contribution in [1.29, 1.82) is 0 Å². The van der Waals surface area contributed by atoms with Gasteiger partial charge in [-0.05, 0) is 112 Å². The van der Waals surface area contributed by atoms with E-state index in [1.807, 2.05) is 0 Å². The van der Waals surface area contributed by atoms with Crippen LogP contribution in [0.15, 0.2) is 53.5 Å². The van der Waals surface area contributed by atoms with Crippen molar-refractivity contribution in [3.63, 3.8) is 0 Å². The highest BCUT2D eigenvalue weighted by molar-refractivity contribution is 6.01. The standard InChI is InChI=1S/C33H34N2O/c1-18-17-33(5,6)35-28-14-12-26-24(29(18)28)10-8-21-19(2)20-7-9-22-23-15-16-32(3,4)34-27(23)13-11-25(22)30(20)36-31(21)26/h7-14,18,35H,15-17H2,1-6H3. The quantitative estimate of drug-likeness (QED) is 0.289. The molecular weight excluding hydrogens is 440 g/mol. The van der Waals surface area contributed by atoms with Gasteiger partial charge in [0.1, 0.15) is 11.5 Å². The van der Waals surface area contributed by atoms with Crippen molar-refractivity contribution < 1.29 is 4.74 Å². The molecule has 1 N–H and O–H groups in total. The van der Waals surface area contributed by atoms with Crippen molar-refractivity contribution in [2.45, 2.75) is 77.8 Å². The van der Waals surface area contributed by atoms with E-state index >= 15 is 0 Å². The largest absolute Gasteiger partial charge is 0.455 e. The highest BCUT2D eigenvalue weighted by atomic mass is 16.5. The number of hydrogen-bond acceptors (Lipinski definition) is 3. The predicted molar refractivity (Wildman–Crippen MR) is 150 cm³/mol. The Morgan fingerprint density at radius 2 is 1.58 bits per heavy atom. The van der Waals surface area contributed by atoms with Crippen LogP contribution in [0.5, 0.6) is 11.5 Å². The fourth-order valence-electron chi connectivity index (χ4n) is 6.99. The third-order valence-electron chi connectivity index (χ3n) is 8.64. The van der Waals surface area contributed by atoms with Gasteiger partial charge in [0.15, 0.2) is 0 Å². The average Bonchev–Trinajstić information content (AvgIpc) is 2.81. The Morgan fingerprint density at radius 3 is 2.42 bits per heavy atom. The minimum absolute atomic E-state index is 0.00789. The van der Waals surface area contributed by atoms with Crippen LogP contribution in [0.3, 0.4) is 0 Å². The summed E-state index contributed by atoms with van der Waals surface area (Å²) < 4.78 is 6.90. The van der Waals surface area contributed by atoms with Gasteiger partial charge in [0.25, 0.3) is 0 Å². The van der Waals surface area contributed by atoms with Gasteiger partial charge in [-0.1, -0.05) is 31.2 Å². The maximum Gasteiger partial charge on any atom is 0.142 e. The molecule has 0 saturated heterocycles. The summed E-state index contributed by atoms with van der Waals surface area (Å²) in [5.41, 5.74) is 6.62. The molecule has 0 fully saturated rings. The van der Waals surface area contributed by atoms with Gasteiger partial charge in [-0.25, -0.2) is 0 Å². The molecular formula is C33H34N2O. The normalized spacial score (nSPS) is 20.9. The molecule has 4 aromatic carbocycles. The number of ether oxygens (including phenoxy) is 1. The van der Waals surface area contributed by atoms with Crippen molar-refractivity contribution >= 4 is 32.8 Å². The molecule has 3 aliphatic rings. The molecule has 0 spiro atoms. The van der Waals surface area contributed by atoms with E-state index in [4.69, 9.17) is 9.73 Å². The van der Waals surface area contributed by atoms with E-state index in [9.17, 15) is 0 Å². The molecule has 7 rings (SSSR count). The Hall–Kier alpha value is -3.33. The summed E-state index contributed by atoms with van der Waals surface area (Å²) in [6.45, 7) is 13.6. The number of rotatable bonds is 0. The molecule has 182 valence electrons. The summed E-state index contributed by atoms with van der Waals surface area (Å²) in [6.07, 6.45) is 3.24. The molecule has 0 aromatic heterocycles. The zero-order valence-corrected chi connectivity index (χ0v) is 22.2. The topological polar surface area (TPSA) is 33.6 Å². The lowest BCUT2D eigenvalue weighted by molar-refractivity contribution is 0.450. The van der Waals surface area contributed by atoms with E-state index in [2.05, 4.69) is 95.4 Å². The van der Waals surface area contributed by atoms with E-state index in [1.54, 1.807) is 0 Å². The van der Waals surface area contributed by atoms with Crippen LogP contribution in [0.25, 0.3) is 27.1 Å². The molecule has 36 heavy (non-hydrogen) atoms. The van der Waals surface area contributed by atoms with Crippen LogP contribution in [-0.4, -0.2) is 11.1 Å². The van der Waals surface area contributed by atoms with Crippen LogP contribution in [0, 0.1) is 0 Å². The van der Waals surface area contributed by atoms with Crippen LogP contribution in [0.4, 0.5) is 5.69 Å². The first kappa shape index (κ1) is 21.9. The minimum Gasteiger partial charge on any atom is -0.455 e. The number of fused-ring (bicyclic) bond motifs is 10. The number of anilines is 1. The fraction of sp³-hybridized carbons (Fsp3) is 0.364. The summed E-state index contributed by atoms with van der Waals surface area (Å²) in [6, 6.07) is 18.0. The third kappa shape index (κ3) is 3.08. The monoisotopic (exact) mass is 474 g/mol. The average molecular weight is 475 g/mol. The molecule has 3 aliphatic heterocycles. The second-order valence-corrected chi connectivity index (χ2v) is 12.4. The van der Waals surface area contributed by atoms with Gasteiger partial charge in [-0.3, -0.25) is 4.99 Å². The van der Waals surface area contributed by atoms with E-state index in [0.717, 1.165) is 36.1 Å². The van der Waals surface area contributed by atoms with Gasteiger partial charge in [0.05, 0.1) is 10.9 Å². The molecule has 1 unspecified atom stereocenters. The summed E-state index contributed by atoms with van der Waals surface area (Å²) >= 11 is 0. The molecule has 3 heteroatoms. The zero-order valence-electron chi connectivity index (χ0n) is 22.2. The van der Waals surface area contributed by atoms with E-state index < -0.39 is 0 Å². The van der Waals surface area contributed by atoms with Crippen LogP contribution in [0.1, 0.15) is 77.0 Å². The maximum atomic E-state index is 6.90. The smallest absolute Gasteiger partial charge is 0.142 e. The fourth-order valence-corrected chi connectivity index (χ4v) is 6.99. The van der Waals surface area contributed by atoms with Crippen molar-refractivity contribution in [3.05, 3.63) is 75.8 Å². The Balaban J connectivity index is 1.47. The third-order valence-corrected chi connectivity index (χ3v) is 8.64. The first-order valence-electron chi connectivity index (χ1n) is 13.3. The Bertz CT molecular complexity index is 1740. The van der Waals surface area contributed by atoms with Crippen LogP contribution >= 0.6 is 0 Å². The number of aryl methyl sites for hydroxylation is 1. The van der Waals surface area contributed by atoms with Crippen LogP contribution in [0.2, 0.25) is 0 Å². The summed E-state index contributed by atoms with van der Waals surface area (Å²) in [5.74, 6) is 2.47. The molecule has 4 aromatic rings. The zero-order chi connectivity index (χ0) is 25.0. The van der Waals surface area contributed by atoms with E-state index in [1.165, 1.54) is 54.7 Å². The summed E-state index contributed by atoms with van der Waals surface area (Å²) in [4.78, 5) is 5.04. The number of nitrogens with one attached hydrogen (secondary N) is 1. The second-order valence-electron chi connectivity index (χ2n) is 12.4. The number of benzene rings is 4. The molecule has 0 amide bonds. The minimum atomic E-state index is 0.00789. The summed E-state index contributed by atoms with van der Waals surface area (Å²) in [7, 11) is 0. The molecule has 1 atom stereocenters. The molecule has 0 saturated carbocycles. The van der Waals surface area contributed by atoms with Gasteiger partial charge in [0, 0.05) is 32.8 Å². The van der Waals surface area contributed by atoms with Crippen LogP contribution in [-0.2, 0) is 6.42 Å². The van der Waals surface area contributed by atoms with E-state index in [-0.39, 0.29) is 11.1 Å². The highest BCUT2D eigenvalue weighted by Crippen LogP contribution is 2.47. The Morgan fingerprint density at radius 1 is 0.861 bits per heavy atom. The lowest BCUT2D eigenvalue weighted by Gasteiger charge is -2.38. The highest BCUT2D eigenvalue weighted by Gasteiger charge is 2.32. The molecule has 0 bridgehead atoms.